The maximum Gasteiger partial charge on any atom is 0.416 e. The fraction of sp³-hybridized carbons (Fsp3) is 0.538. The summed E-state index contributed by atoms with van der Waals surface area (Å²) in [4.78, 5) is 0. The molecule has 21 heavy (non-hydrogen) atoms. The molecule has 1 aliphatic rings. The Hall–Kier alpha value is -0.950. The molecule has 8 heteroatoms. The highest BCUT2D eigenvalue weighted by atomic mass is 35.5. The number of ether oxygens (including phenoxy) is 1. The largest absolute Gasteiger partial charge is 0.491 e. The van der Waals surface area contributed by atoms with E-state index in [1.165, 1.54) is 0 Å². The Bertz CT molecular complexity index is 637. The van der Waals surface area contributed by atoms with Gasteiger partial charge in [0, 0.05) is 11.7 Å². The second-order valence-corrected chi connectivity index (χ2v) is 8.05. The second-order valence-electron chi connectivity index (χ2n) is 5.50. The van der Waals surface area contributed by atoms with Gasteiger partial charge in [-0.2, -0.15) is 13.2 Å². The minimum Gasteiger partial charge on any atom is -0.491 e. The van der Waals surface area contributed by atoms with Crippen molar-refractivity contribution < 1.29 is 26.3 Å². The van der Waals surface area contributed by atoms with Crippen LogP contribution in [-0.4, -0.2) is 27.0 Å². The van der Waals surface area contributed by atoms with Gasteiger partial charge < -0.3 is 4.74 Å². The zero-order valence-corrected chi connectivity index (χ0v) is 12.8. The van der Waals surface area contributed by atoms with Gasteiger partial charge in [0.05, 0.1) is 22.9 Å². The Morgan fingerprint density at radius 3 is 2.38 bits per heavy atom. The molecule has 1 aromatic rings. The number of hydrogen-bond donors (Lipinski definition) is 0. The molecule has 0 N–H and O–H groups in total. The number of halogens is 4. The first-order chi connectivity index (χ1) is 9.51. The highest BCUT2D eigenvalue weighted by molar-refractivity contribution is 7.90. The van der Waals surface area contributed by atoms with Gasteiger partial charge in [-0.25, -0.2) is 8.42 Å². The van der Waals surface area contributed by atoms with Crippen LogP contribution in [0.4, 0.5) is 13.2 Å². The van der Waals surface area contributed by atoms with Crippen molar-refractivity contribution in [2.75, 3.05) is 18.6 Å². The standard InChI is InChI=1S/C13H14ClF3O3S/c1-21(18,19)8-12(4-5-12)7-20-11-3-2-9(6-10(11)14)13(15,16)17/h2-3,6H,4-5,7-8H2,1H3. The van der Waals surface area contributed by atoms with E-state index in [0.29, 0.717) is 0 Å². The monoisotopic (exact) mass is 342 g/mol. The lowest BCUT2D eigenvalue weighted by molar-refractivity contribution is -0.137. The van der Waals surface area contributed by atoms with Crippen LogP contribution in [0.25, 0.3) is 0 Å². The Balaban J connectivity index is 2.05. The summed E-state index contributed by atoms with van der Waals surface area (Å²) in [5, 5.41) is -0.139. The van der Waals surface area contributed by atoms with Crippen molar-refractivity contribution >= 4 is 21.4 Å². The lowest BCUT2D eigenvalue weighted by Crippen LogP contribution is -2.23. The topological polar surface area (TPSA) is 43.4 Å². The van der Waals surface area contributed by atoms with Gasteiger partial charge in [-0.1, -0.05) is 11.6 Å². The van der Waals surface area contributed by atoms with Gasteiger partial charge in [0.25, 0.3) is 0 Å². The first kappa shape index (κ1) is 16.4. The fourth-order valence-corrected chi connectivity index (χ4v) is 3.81. The van der Waals surface area contributed by atoms with E-state index in [1.54, 1.807) is 0 Å². The zero-order valence-electron chi connectivity index (χ0n) is 11.2. The molecule has 0 heterocycles. The molecule has 0 bridgehead atoms. The van der Waals surface area contributed by atoms with Crippen LogP contribution >= 0.6 is 11.6 Å². The molecule has 0 amide bonds. The van der Waals surface area contributed by atoms with Crippen LogP contribution in [-0.2, 0) is 16.0 Å². The lowest BCUT2D eigenvalue weighted by atomic mass is 10.1. The highest BCUT2D eigenvalue weighted by Crippen LogP contribution is 2.47. The third-order valence-corrected chi connectivity index (χ3v) is 4.75. The molecular weight excluding hydrogens is 329 g/mol. The van der Waals surface area contributed by atoms with Crippen LogP contribution < -0.4 is 4.74 Å². The summed E-state index contributed by atoms with van der Waals surface area (Å²) in [5.74, 6) is 0.141. The average Bonchev–Trinajstić information content (AvgIpc) is 3.04. The van der Waals surface area contributed by atoms with E-state index in [9.17, 15) is 21.6 Å². The third-order valence-electron chi connectivity index (χ3n) is 3.32. The molecule has 0 unspecified atom stereocenters. The molecule has 118 valence electrons. The van der Waals surface area contributed by atoms with E-state index in [2.05, 4.69) is 0 Å². The van der Waals surface area contributed by atoms with Crippen molar-refractivity contribution in [2.45, 2.75) is 19.0 Å². The Kier molecular flexibility index (Phi) is 4.19. The van der Waals surface area contributed by atoms with Crippen molar-refractivity contribution in [1.29, 1.82) is 0 Å². The molecule has 0 spiro atoms. The Morgan fingerprint density at radius 1 is 1.33 bits per heavy atom. The van der Waals surface area contributed by atoms with E-state index in [4.69, 9.17) is 16.3 Å². The van der Waals surface area contributed by atoms with Gasteiger partial charge in [-0.05, 0) is 31.0 Å². The lowest BCUT2D eigenvalue weighted by Gasteiger charge is -2.16. The van der Waals surface area contributed by atoms with Crippen LogP contribution in [0.2, 0.25) is 5.02 Å². The highest BCUT2D eigenvalue weighted by Gasteiger charge is 2.46. The molecule has 1 fully saturated rings. The van der Waals surface area contributed by atoms with Crippen molar-refractivity contribution in [3.05, 3.63) is 28.8 Å². The van der Waals surface area contributed by atoms with E-state index < -0.39 is 27.0 Å². The van der Waals surface area contributed by atoms with Gasteiger partial charge in [0.1, 0.15) is 15.6 Å². The molecule has 2 rings (SSSR count). The predicted molar refractivity (Wildman–Crippen MR) is 73.3 cm³/mol. The molecule has 0 saturated heterocycles. The van der Waals surface area contributed by atoms with Gasteiger partial charge in [-0.3, -0.25) is 0 Å². The summed E-state index contributed by atoms with van der Waals surface area (Å²) in [5.41, 5.74) is -1.28. The third kappa shape index (κ3) is 4.51. The van der Waals surface area contributed by atoms with Gasteiger partial charge >= 0.3 is 6.18 Å². The van der Waals surface area contributed by atoms with Gasteiger partial charge in [0.2, 0.25) is 0 Å². The first-order valence-electron chi connectivity index (χ1n) is 6.18. The number of benzene rings is 1. The molecule has 0 aromatic heterocycles. The van der Waals surface area contributed by atoms with Gasteiger partial charge in [0.15, 0.2) is 0 Å². The predicted octanol–water partition coefficient (Wildman–Crippen LogP) is 3.56. The molecule has 1 aliphatic carbocycles. The summed E-state index contributed by atoms with van der Waals surface area (Å²) in [7, 11) is -3.12. The normalized spacial score (nSPS) is 17.6. The average molecular weight is 343 g/mol. The maximum absolute atomic E-state index is 12.5. The smallest absolute Gasteiger partial charge is 0.416 e. The maximum atomic E-state index is 12.5. The molecule has 3 nitrogen and oxygen atoms in total. The molecule has 1 aromatic carbocycles. The van der Waals surface area contributed by atoms with Crippen molar-refractivity contribution in [3.63, 3.8) is 0 Å². The molecule has 0 atom stereocenters. The Labute approximate surface area is 126 Å². The van der Waals surface area contributed by atoms with Crippen LogP contribution in [0.15, 0.2) is 18.2 Å². The number of hydrogen-bond acceptors (Lipinski definition) is 3. The van der Waals surface area contributed by atoms with E-state index in [0.717, 1.165) is 37.3 Å². The SMILES string of the molecule is CS(=O)(=O)CC1(COc2ccc(C(F)(F)F)cc2Cl)CC1. The van der Waals surface area contributed by atoms with Crippen LogP contribution in [0.1, 0.15) is 18.4 Å². The minimum absolute atomic E-state index is 0.0122. The molecule has 0 radical (unpaired) electrons. The van der Waals surface area contributed by atoms with E-state index in [-0.39, 0.29) is 23.1 Å². The van der Waals surface area contributed by atoms with Crippen molar-refractivity contribution in [3.8, 4) is 5.75 Å². The molecule has 0 aliphatic heterocycles. The van der Waals surface area contributed by atoms with Crippen LogP contribution in [0.3, 0.4) is 0 Å². The summed E-state index contributed by atoms with van der Waals surface area (Å²) in [6.07, 6.45) is -1.87. The van der Waals surface area contributed by atoms with E-state index >= 15 is 0 Å². The fourth-order valence-electron chi connectivity index (χ4n) is 2.09. The summed E-state index contributed by atoms with van der Waals surface area (Å²) in [6.45, 7) is 0.130. The first-order valence-corrected chi connectivity index (χ1v) is 8.62. The second kappa shape index (κ2) is 5.35. The zero-order chi connectivity index (χ0) is 15.9. The van der Waals surface area contributed by atoms with Crippen LogP contribution in [0, 0.1) is 5.41 Å². The van der Waals surface area contributed by atoms with Crippen molar-refractivity contribution in [2.24, 2.45) is 5.41 Å². The van der Waals surface area contributed by atoms with Crippen molar-refractivity contribution in [1.82, 2.24) is 0 Å². The number of alkyl halides is 3. The van der Waals surface area contributed by atoms with E-state index in [1.807, 2.05) is 0 Å². The summed E-state index contributed by atoms with van der Waals surface area (Å²) < 4.78 is 65.6. The summed E-state index contributed by atoms with van der Waals surface area (Å²) >= 11 is 5.77. The van der Waals surface area contributed by atoms with Gasteiger partial charge in [-0.15, -0.1) is 0 Å². The Morgan fingerprint density at radius 2 is 1.95 bits per heavy atom. The molecule has 1 saturated carbocycles. The molecular formula is C13H14ClF3O3S. The summed E-state index contributed by atoms with van der Waals surface area (Å²) in [6, 6.07) is 2.84. The van der Waals surface area contributed by atoms with Crippen LogP contribution in [0.5, 0.6) is 5.75 Å². The number of sulfone groups is 1. The number of rotatable bonds is 5. The minimum atomic E-state index is -4.46. The quantitative estimate of drug-likeness (QED) is 0.821.